The molecule has 0 unspecified atom stereocenters. The number of carbonyl (C=O) groups is 2. The minimum absolute atomic E-state index is 0.183. The number of benzene rings is 2. The van der Waals surface area contributed by atoms with Crippen molar-refractivity contribution in [2.75, 3.05) is 38.8 Å². The molecule has 1 heterocycles. The van der Waals surface area contributed by atoms with Crippen LogP contribution in [0.15, 0.2) is 48.2 Å². The molecular formula is C24H28N2O5. The first kappa shape index (κ1) is 22.4. The summed E-state index contributed by atoms with van der Waals surface area (Å²) >= 11 is 0. The number of hydrogen-bond acceptors (Lipinski definition) is 6. The number of ether oxygens (including phenoxy) is 3. The fourth-order valence-corrected chi connectivity index (χ4v) is 3.34. The molecular weight excluding hydrogens is 396 g/mol. The van der Waals surface area contributed by atoms with Crippen molar-refractivity contribution in [2.24, 2.45) is 0 Å². The summed E-state index contributed by atoms with van der Waals surface area (Å²) in [4.78, 5) is 27.5. The van der Waals surface area contributed by atoms with Gasteiger partial charge in [0.2, 0.25) is 0 Å². The third-order valence-electron chi connectivity index (χ3n) is 4.84. The minimum atomic E-state index is -0.385. The van der Waals surface area contributed by atoms with Crippen LogP contribution in [0.1, 0.15) is 25.0 Å². The van der Waals surface area contributed by atoms with E-state index in [9.17, 15) is 9.59 Å². The number of nitrogens with zero attached hydrogens (tertiary/aromatic N) is 1. The second-order valence-electron chi connectivity index (χ2n) is 7.02. The topological polar surface area (TPSA) is 77.1 Å². The highest BCUT2D eigenvalue weighted by atomic mass is 16.5. The zero-order valence-electron chi connectivity index (χ0n) is 18.4. The average molecular weight is 424 g/mol. The van der Waals surface area contributed by atoms with Gasteiger partial charge in [-0.05, 0) is 38.5 Å². The van der Waals surface area contributed by atoms with Gasteiger partial charge in [-0.1, -0.05) is 29.8 Å². The van der Waals surface area contributed by atoms with Gasteiger partial charge in [0.25, 0.3) is 11.8 Å². The third-order valence-corrected chi connectivity index (χ3v) is 4.84. The van der Waals surface area contributed by atoms with Crippen LogP contribution in [0, 0.1) is 6.92 Å². The number of carbonyl (C=O) groups excluding carboxylic acids is 2. The first-order chi connectivity index (χ1) is 15.0. The number of anilines is 1. The van der Waals surface area contributed by atoms with Crippen molar-refractivity contribution in [1.82, 2.24) is 4.90 Å². The maximum atomic E-state index is 13.1. The lowest BCUT2D eigenvalue weighted by molar-refractivity contribution is -0.137. The van der Waals surface area contributed by atoms with Crippen LogP contribution in [0.4, 0.5) is 5.69 Å². The predicted octanol–water partition coefficient (Wildman–Crippen LogP) is 3.63. The van der Waals surface area contributed by atoms with Crippen LogP contribution in [-0.2, 0) is 14.3 Å². The van der Waals surface area contributed by atoms with Gasteiger partial charge in [0.05, 0.1) is 31.9 Å². The molecule has 0 bridgehead atoms. The van der Waals surface area contributed by atoms with Crippen LogP contribution in [0.5, 0.6) is 11.5 Å². The summed E-state index contributed by atoms with van der Waals surface area (Å²) in [5.41, 5.74) is 2.95. The Morgan fingerprint density at radius 1 is 0.903 bits per heavy atom. The Bertz CT molecular complexity index is 982. The number of aryl methyl sites for hydroxylation is 1. The van der Waals surface area contributed by atoms with Crippen molar-refractivity contribution in [3.8, 4) is 11.5 Å². The molecule has 1 aliphatic rings. The predicted molar refractivity (Wildman–Crippen MR) is 119 cm³/mol. The van der Waals surface area contributed by atoms with Crippen molar-refractivity contribution in [2.45, 2.75) is 20.8 Å². The van der Waals surface area contributed by atoms with E-state index in [1.807, 2.05) is 45.0 Å². The second kappa shape index (κ2) is 10.1. The van der Waals surface area contributed by atoms with E-state index >= 15 is 0 Å². The fourth-order valence-electron chi connectivity index (χ4n) is 3.34. The van der Waals surface area contributed by atoms with Crippen LogP contribution in [0.3, 0.4) is 0 Å². The van der Waals surface area contributed by atoms with Gasteiger partial charge in [0.15, 0.2) is 11.5 Å². The molecule has 1 aliphatic heterocycles. The Labute approximate surface area is 182 Å². The van der Waals surface area contributed by atoms with Gasteiger partial charge in [-0.15, -0.1) is 0 Å². The summed E-state index contributed by atoms with van der Waals surface area (Å²) in [5, 5.41) is 3.15. The molecule has 0 aromatic heterocycles. The summed E-state index contributed by atoms with van der Waals surface area (Å²) in [6.45, 7) is 7.20. The van der Waals surface area contributed by atoms with E-state index in [-0.39, 0.29) is 30.7 Å². The van der Waals surface area contributed by atoms with Crippen LogP contribution >= 0.6 is 0 Å². The molecule has 3 rings (SSSR count). The smallest absolute Gasteiger partial charge is 0.278 e. The normalized spacial score (nSPS) is 13.7. The molecule has 0 radical (unpaired) electrons. The monoisotopic (exact) mass is 424 g/mol. The van der Waals surface area contributed by atoms with Crippen molar-refractivity contribution >= 4 is 23.1 Å². The van der Waals surface area contributed by atoms with Crippen LogP contribution in [0.2, 0.25) is 0 Å². The molecule has 0 fully saturated rings. The molecule has 0 saturated carbocycles. The van der Waals surface area contributed by atoms with Crippen molar-refractivity contribution in [3.05, 3.63) is 59.3 Å². The quantitative estimate of drug-likeness (QED) is 0.587. The van der Waals surface area contributed by atoms with Gasteiger partial charge in [0, 0.05) is 18.9 Å². The Kier molecular flexibility index (Phi) is 7.31. The summed E-state index contributed by atoms with van der Waals surface area (Å²) in [6, 6.07) is 12.9. The van der Waals surface area contributed by atoms with E-state index in [1.54, 1.807) is 18.2 Å². The zero-order chi connectivity index (χ0) is 22.4. The summed E-state index contributed by atoms with van der Waals surface area (Å²) < 4.78 is 16.4. The largest absolute Gasteiger partial charge is 0.490 e. The highest BCUT2D eigenvalue weighted by Gasteiger charge is 2.39. The van der Waals surface area contributed by atoms with Gasteiger partial charge in [-0.25, -0.2) is 0 Å². The number of imide groups is 1. The van der Waals surface area contributed by atoms with Gasteiger partial charge in [0.1, 0.15) is 5.70 Å². The summed E-state index contributed by atoms with van der Waals surface area (Å²) in [7, 11) is 1.54. The van der Waals surface area contributed by atoms with Crippen LogP contribution < -0.4 is 14.8 Å². The Morgan fingerprint density at radius 2 is 1.58 bits per heavy atom. The van der Waals surface area contributed by atoms with Crippen molar-refractivity contribution < 1.29 is 23.8 Å². The molecule has 7 heteroatoms. The number of hydrogen-bond donors (Lipinski definition) is 1. The summed E-state index contributed by atoms with van der Waals surface area (Å²) in [5.74, 6) is 0.465. The van der Waals surface area contributed by atoms with E-state index < -0.39 is 0 Å². The summed E-state index contributed by atoms with van der Waals surface area (Å²) in [6.07, 6.45) is 0. The van der Waals surface area contributed by atoms with E-state index in [4.69, 9.17) is 14.2 Å². The highest BCUT2D eigenvalue weighted by Crippen LogP contribution is 2.34. The molecule has 2 amide bonds. The molecule has 0 spiro atoms. The first-order valence-electron chi connectivity index (χ1n) is 10.3. The number of methoxy groups -OCH3 is 1. The van der Waals surface area contributed by atoms with E-state index in [1.165, 1.54) is 12.0 Å². The number of amides is 2. The van der Waals surface area contributed by atoms with E-state index in [0.29, 0.717) is 41.5 Å². The molecule has 0 saturated heterocycles. The molecule has 31 heavy (non-hydrogen) atoms. The Morgan fingerprint density at radius 3 is 2.23 bits per heavy atom. The number of nitrogens with one attached hydrogen (secondary N) is 1. The Balaban J connectivity index is 2.01. The van der Waals surface area contributed by atoms with E-state index in [0.717, 1.165) is 5.56 Å². The highest BCUT2D eigenvalue weighted by molar-refractivity contribution is 6.36. The first-order valence-corrected chi connectivity index (χ1v) is 10.3. The molecule has 1 N–H and O–H groups in total. The van der Waals surface area contributed by atoms with Crippen molar-refractivity contribution in [1.29, 1.82) is 0 Å². The van der Waals surface area contributed by atoms with Crippen LogP contribution in [0.25, 0.3) is 5.57 Å². The molecule has 0 atom stereocenters. The van der Waals surface area contributed by atoms with Crippen LogP contribution in [-0.4, -0.2) is 50.2 Å². The molecule has 2 aromatic carbocycles. The van der Waals surface area contributed by atoms with Gasteiger partial charge in [-0.3, -0.25) is 14.5 Å². The van der Waals surface area contributed by atoms with Crippen molar-refractivity contribution in [3.63, 3.8) is 0 Å². The maximum Gasteiger partial charge on any atom is 0.278 e. The minimum Gasteiger partial charge on any atom is -0.490 e. The standard InChI is InChI=1S/C24H28N2O5/c1-5-30-19-12-11-18(15-20(19)31-6-2)25-22-21(17-9-7-16(3)8-10-17)23(27)26(24(22)28)13-14-29-4/h7-12,15,25H,5-6,13-14H2,1-4H3. The lowest BCUT2D eigenvalue weighted by atomic mass is 10.0. The SMILES string of the molecule is CCOc1ccc(NC2=C(c3ccc(C)cc3)C(=O)N(CCOC)C2=O)cc1OCC. The number of rotatable bonds is 10. The fraction of sp³-hybridized carbons (Fsp3) is 0.333. The molecule has 2 aromatic rings. The lowest BCUT2D eigenvalue weighted by Gasteiger charge is -2.15. The van der Waals surface area contributed by atoms with E-state index in [2.05, 4.69) is 5.32 Å². The molecule has 164 valence electrons. The maximum absolute atomic E-state index is 13.1. The lowest BCUT2D eigenvalue weighted by Crippen LogP contribution is -2.35. The van der Waals surface area contributed by atoms with Gasteiger partial charge < -0.3 is 19.5 Å². The second-order valence-corrected chi connectivity index (χ2v) is 7.02. The zero-order valence-corrected chi connectivity index (χ0v) is 18.4. The van der Waals surface area contributed by atoms with Gasteiger partial charge >= 0.3 is 0 Å². The van der Waals surface area contributed by atoms with Gasteiger partial charge in [-0.2, -0.15) is 0 Å². The molecule has 0 aliphatic carbocycles. The Hall–Kier alpha value is -3.32. The molecule has 7 nitrogen and oxygen atoms in total. The average Bonchev–Trinajstić information content (AvgIpc) is 2.99. The third kappa shape index (κ3) is 4.88.